The van der Waals surface area contributed by atoms with Crippen LogP contribution in [0.5, 0.6) is 0 Å². The van der Waals surface area contributed by atoms with Crippen molar-refractivity contribution in [3.05, 3.63) is 24.3 Å². The predicted octanol–water partition coefficient (Wildman–Crippen LogP) is 1.77. The zero-order valence-electron chi connectivity index (χ0n) is 28.2. The van der Waals surface area contributed by atoms with E-state index in [4.69, 9.17) is 0 Å². The number of nitrogens with zero attached hydrogens (tertiary/aromatic N) is 3. The van der Waals surface area contributed by atoms with Crippen molar-refractivity contribution in [1.29, 1.82) is 0 Å². The van der Waals surface area contributed by atoms with Gasteiger partial charge >= 0.3 is 0 Å². The molecule has 1 aromatic heterocycles. The lowest BCUT2D eigenvalue weighted by Gasteiger charge is -2.34. The number of nitrogens with one attached hydrogen (secondary N) is 4. The molecule has 0 aromatic carbocycles. The van der Waals surface area contributed by atoms with Gasteiger partial charge in [0, 0.05) is 25.0 Å². The molecule has 0 bridgehead atoms. The first kappa shape index (κ1) is 36.6. The van der Waals surface area contributed by atoms with Crippen LogP contribution in [0.1, 0.15) is 97.5 Å². The lowest BCUT2D eigenvalue weighted by molar-refractivity contribution is -0.145. The van der Waals surface area contributed by atoms with Crippen molar-refractivity contribution in [1.82, 2.24) is 36.1 Å². The molecule has 13 heteroatoms. The Kier molecular flexibility index (Phi) is 13.2. The van der Waals surface area contributed by atoms with E-state index in [9.17, 15) is 28.8 Å². The maximum absolute atomic E-state index is 14.2. The van der Waals surface area contributed by atoms with Crippen LogP contribution in [0.15, 0.2) is 18.6 Å². The molecule has 46 heavy (non-hydrogen) atoms. The van der Waals surface area contributed by atoms with Gasteiger partial charge in [-0.3, -0.25) is 33.8 Å². The van der Waals surface area contributed by atoms with Gasteiger partial charge in [-0.25, -0.2) is 4.98 Å². The van der Waals surface area contributed by atoms with Crippen LogP contribution in [0.2, 0.25) is 0 Å². The number of carbonyl (C=O) groups is 6. The van der Waals surface area contributed by atoms with Gasteiger partial charge in [-0.1, -0.05) is 54.4 Å². The molecule has 1 aliphatic heterocycles. The highest BCUT2D eigenvalue weighted by Crippen LogP contribution is 2.42. The van der Waals surface area contributed by atoms with Crippen molar-refractivity contribution in [2.24, 2.45) is 23.7 Å². The highest BCUT2D eigenvalue weighted by atomic mass is 16.2. The summed E-state index contributed by atoms with van der Waals surface area (Å²) in [5, 5.41) is 11.1. The minimum Gasteiger partial charge on any atom is -0.347 e. The fraction of sp³-hybridized carbons (Fsp3) is 0.697. The fourth-order valence-corrected chi connectivity index (χ4v) is 6.34. The van der Waals surface area contributed by atoms with Crippen molar-refractivity contribution in [3.63, 3.8) is 0 Å². The summed E-state index contributed by atoms with van der Waals surface area (Å²) in [4.78, 5) is 89.7. The summed E-state index contributed by atoms with van der Waals surface area (Å²) in [6, 6.07) is -3.95. The molecule has 1 aromatic rings. The maximum Gasteiger partial charge on any atom is 0.289 e. The van der Waals surface area contributed by atoms with Crippen molar-refractivity contribution < 1.29 is 28.8 Å². The Hall–Kier alpha value is -3.90. The molecule has 1 saturated carbocycles. The Balaban J connectivity index is 1.80. The number of fused-ring (bicyclic) bond motifs is 1. The van der Waals surface area contributed by atoms with Crippen LogP contribution in [0.4, 0.5) is 0 Å². The first-order valence-electron chi connectivity index (χ1n) is 16.6. The van der Waals surface area contributed by atoms with E-state index in [-0.39, 0.29) is 41.8 Å². The van der Waals surface area contributed by atoms with Gasteiger partial charge in [0.15, 0.2) is 0 Å². The van der Waals surface area contributed by atoms with E-state index >= 15 is 0 Å². The third-order valence-corrected chi connectivity index (χ3v) is 9.13. The molecule has 13 nitrogen and oxygen atoms in total. The summed E-state index contributed by atoms with van der Waals surface area (Å²) in [6.07, 6.45) is 8.20. The second kappa shape index (κ2) is 16.6. The van der Waals surface area contributed by atoms with Gasteiger partial charge in [-0.15, -0.1) is 0 Å². The molecule has 2 heterocycles. The number of aromatic nitrogens is 2. The largest absolute Gasteiger partial charge is 0.347 e. The van der Waals surface area contributed by atoms with Crippen molar-refractivity contribution >= 4 is 35.3 Å². The van der Waals surface area contributed by atoms with Gasteiger partial charge in [0.05, 0.1) is 12.2 Å². The van der Waals surface area contributed by atoms with Gasteiger partial charge in [-0.05, 0) is 56.3 Å². The Morgan fingerprint density at radius 3 is 2.17 bits per heavy atom. The monoisotopic (exact) mass is 641 g/mol. The molecule has 5 amide bonds. The Morgan fingerprint density at radius 2 is 1.59 bits per heavy atom. The number of hydrogen-bond donors (Lipinski definition) is 4. The van der Waals surface area contributed by atoms with E-state index in [0.29, 0.717) is 19.4 Å². The second-order valence-electron chi connectivity index (χ2n) is 13.3. The van der Waals surface area contributed by atoms with Crippen molar-refractivity contribution in [2.75, 3.05) is 6.54 Å². The van der Waals surface area contributed by atoms with Crippen molar-refractivity contribution in [2.45, 2.75) is 117 Å². The van der Waals surface area contributed by atoms with Crippen LogP contribution in [0.25, 0.3) is 0 Å². The molecule has 3 rings (SSSR count). The molecule has 0 radical (unpaired) electrons. The molecule has 3 unspecified atom stereocenters. The molecule has 7 atom stereocenters. The molecule has 1 saturated heterocycles. The fourth-order valence-electron chi connectivity index (χ4n) is 6.34. The number of amides is 5. The van der Waals surface area contributed by atoms with Crippen LogP contribution in [-0.2, 0) is 24.0 Å². The molecule has 2 aliphatic rings. The summed E-state index contributed by atoms with van der Waals surface area (Å²) in [6.45, 7) is 13.1. The van der Waals surface area contributed by atoms with Gasteiger partial charge in [-0.2, -0.15) is 0 Å². The number of likely N-dealkylation sites (tertiary alicyclic amines) is 1. The van der Waals surface area contributed by atoms with Crippen LogP contribution in [0, 0.1) is 23.7 Å². The predicted molar refractivity (Wildman–Crippen MR) is 171 cm³/mol. The Labute approximate surface area is 271 Å². The van der Waals surface area contributed by atoms with Crippen molar-refractivity contribution in [3.8, 4) is 0 Å². The second-order valence-corrected chi connectivity index (χ2v) is 13.3. The normalized spacial score (nSPS) is 21.6. The smallest absolute Gasteiger partial charge is 0.289 e. The van der Waals surface area contributed by atoms with E-state index in [1.165, 1.54) is 18.6 Å². The zero-order chi connectivity index (χ0) is 34.1. The number of Topliss-reactive ketones (excluding diaryl/α,β-unsaturated/α-hetero) is 1. The number of ketones is 1. The lowest BCUT2D eigenvalue weighted by atomic mass is 9.92. The first-order valence-corrected chi connectivity index (χ1v) is 16.6. The summed E-state index contributed by atoms with van der Waals surface area (Å²) >= 11 is 0. The molecule has 4 N–H and O–H groups in total. The van der Waals surface area contributed by atoms with Gasteiger partial charge < -0.3 is 26.2 Å². The molecular weight excluding hydrogens is 590 g/mol. The molecule has 2 fully saturated rings. The van der Waals surface area contributed by atoms with Gasteiger partial charge in [0.1, 0.15) is 23.8 Å². The topological polar surface area (TPSA) is 180 Å². The standard InChI is InChI=1S/C33H51N7O6/c1-8-11-23(28(41)32(45)36-20(7)9-2)37-31(44)27-22-13-10-12-21(22)17-40(27)33(46)26(19(5)6)39-30(43)25(18(3)4)38-29(42)24-16-34-14-15-35-24/h14-16,18-23,25-27H,8-13,17H2,1-7H3,(H,36,45)(H,37,44)(H,38,42)(H,39,43)/t20-,21-,22-,23?,25+,26?,27?/m0/s1. The quantitative estimate of drug-likeness (QED) is 0.209. The molecule has 0 spiro atoms. The minimum absolute atomic E-state index is 0.0621. The zero-order valence-corrected chi connectivity index (χ0v) is 28.2. The van der Waals surface area contributed by atoms with Crippen LogP contribution in [0.3, 0.4) is 0 Å². The minimum atomic E-state index is -1.01. The van der Waals surface area contributed by atoms with Gasteiger partial charge in [0.2, 0.25) is 23.5 Å². The number of rotatable bonds is 15. The highest BCUT2D eigenvalue weighted by molar-refractivity contribution is 6.38. The third kappa shape index (κ3) is 8.88. The summed E-state index contributed by atoms with van der Waals surface area (Å²) < 4.78 is 0. The lowest BCUT2D eigenvalue weighted by Crippen LogP contribution is -2.60. The van der Waals surface area contributed by atoms with Crippen LogP contribution in [-0.4, -0.2) is 86.9 Å². The van der Waals surface area contributed by atoms with E-state index in [1.807, 2.05) is 27.7 Å². The summed E-state index contributed by atoms with van der Waals surface area (Å²) in [7, 11) is 0. The first-order chi connectivity index (χ1) is 21.8. The number of carbonyl (C=O) groups excluding carboxylic acids is 6. The van der Waals surface area contributed by atoms with E-state index in [1.54, 1.807) is 25.7 Å². The van der Waals surface area contributed by atoms with E-state index in [2.05, 4.69) is 31.2 Å². The number of hydrogen-bond acceptors (Lipinski definition) is 8. The van der Waals surface area contributed by atoms with E-state index in [0.717, 1.165) is 19.3 Å². The molecule has 254 valence electrons. The molecule has 1 aliphatic carbocycles. The van der Waals surface area contributed by atoms with E-state index < -0.39 is 59.5 Å². The Morgan fingerprint density at radius 1 is 0.891 bits per heavy atom. The van der Waals surface area contributed by atoms with Crippen LogP contribution >= 0.6 is 0 Å². The SMILES string of the molecule is CCCC(NC(=O)C1[C@H]2CCC[C@H]2CN1C(=O)C(NC(=O)[C@H](NC(=O)c1cnccn1)C(C)C)C(C)C)C(=O)C(=O)N[C@@H](C)CC. The van der Waals surface area contributed by atoms with Gasteiger partial charge in [0.25, 0.3) is 11.8 Å². The Bertz CT molecular complexity index is 1260. The average molecular weight is 642 g/mol. The highest BCUT2D eigenvalue weighted by Gasteiger charge is 2.51. The molecular formula is C33H51N7O6. The third-order valence-electron chi connectivity index (χ3n) is 9.13. The summed E-state index contributed by atoms with van der Waals surface area (Å²) in [5.74, 6) is -4.00. The summed E-state index contributed by atoms with van der Waals surface area (Å²) in [5.41, 5.74) is 0.0621. The maximum atomic E-state index is 14.2. The average Bonchev–Trinajstić information content (AvgIpc) is 3.63. The van der Waals surface area contributed by atoms with Crippen LogP contribution < -0.4 is 21.3 Å².